The molecule has 0 saturated heterocycles. The first-order chi connectivity index (χ1) is 8.13. The van der Waals surface area contributed by atoms with E-state index in [1.54, 1.807) is 6.33 Å². The van der Waals surface area contributed by atoms with Crippen LogP contribution in [0.2, 0.25) is 0 Å². The number of nitrogens with two attached hydrogens (primary N) is 1. The Morgan fingerprint density at radius 2 is 2.24 bits per heavy atom. The highest BCUT2D eigenvalue weighted by molar-refractivity contribution is 5.47. The van der Waals surface area contributed by atoms with E-state index in [1.165, 1.54) is 0 Å². The summed E-state index contributed by atoms with van der Waals surface area (Å²) in [5.74, 6) is 1.81. The fourth-order valence-electron chi connectivity index (χ4n) is 1.53. The summed E-state index contributed by atoms with van der Waals surface area (Å²) in [6, 6.07) is 2.18. The molecule has 1 heterocycles. The summed E-state index contributed by atoms with van der Waals surface area (Å²) < 4.78 is 0. The highest BCUT2D eigenvalue weighted by Gasteiger charge is 2.03. The van der Waals surface area contributed by atoms with Gasteiger partial charge in [-0.25, -0.2) is 9.97 Å². The molecule has 3 N–H and O–H groups in total. The van der Waals surface area contributed by atoms with Crippen molar-refractivity contribution in [3.8, 4) is 0 Å². The molecule has 0 radical (unpaired) electrons. The van der Waals surface area contributed by atoms with Crippen molar-refractivity contribution in [1.82, 2.24) is 9.97 Å². The molecule has 5 nitrogen and oxygen atoms in total. The molecule has 0 aromatic carbocycles. The third kappa shape index (κ3) is 4.99. The Bertz CT molecular complexity index is 326. The van der Waals surface area contributed by atoms with Gasteiger partial charge in [0.2, 0.25) is 0 Å². The Balaban J connectivity index is 2.53. The van der Waals surface area contributed by atoms with Gasteiger partial charge in [-0.1, -0.05) is 6.92 Å². The van der Waals surface area contributed by atoms with Crippen LogP contribution in [0.3, 0.4) is 0 Å². The number of nitrogens with zero attached hydrogens (tertiary/aromatic N) is 3. The zero-order chi connectivity index (χ0) is 12.7. The topological polar surface area (TPSA) is 67.1 Å². The molecular weight excluding hydrogens is 214 g/mol. The van der Waals surface area contributed by atoms with Gasteiger partial charge in [-0.2, -0.15) is 0 Å². The maximum absolute atomic E-state index is 5.69. The minimum absolute atomic E-state index is 0.214. The van der Waals surface area contributed by atoms with Gasteiger partial charge in [0.05, 0.1) is 0 Å². The number of hydrogen-bond acceptors (Lipinski definition) is 5. The lowest BCUT2D eigenvalue weighted by atomic mass is 10.2. The van der Waals surface area contributed by atoms with Crippen molar-refractivity contribution in [2.24, 2.45) is 5.73 Å². The van der Waals surface area contributed by atoms with E-state index < -0.39 is 0 Å². The van der Waals surface area contributed by atoms with Crippen molar-refractivity contribution in [2.75, 3.05) is 30.4 Å². The first-order valence-corrected chi connectivity index (χ1v) is 6.16. The van der Waals surface area contributed by atoms with E-state index in [0.717, 1.165) is 37.6 Å². The van der Waals surface area contributed by atoms with Crippen molar-refractivity contribution in [3.05, 3.63) is 12.4 Å². The predicted molar refractivity (Wildman–Crippen MR) is 72.3 cm³/mol. The second-order valence-corrected chi connectivity index (χ2v) is 4.38. The Hall–Kier alpha value is -1.36. The second kappa shape index (κ2) is 7.06. The fraction of sp³-hybridized carbons (Fsp3) is 0.667. The van der Waals surface area contributed by atoms with Gasteiger partial charge in [0, 0.05) is 32.2 Å². The van der Waals surface area contributed by atoms with Crippen LogP contribution < -0.4 is 16.0 Å². The second-order valence-electron chi connectivity index (χ2n) is 4.38. The maximum atomic E-state index is 5.69. The molecule has 1 atom stereocenters. The van der Waals surface area contributed by atoms with Crippen LogP contribution in [0.25, 0.3) is 0 Å². The minimum Gasteiger partial charge on any atom is -0.370 e. The standard InChI is InChI=1S/C12H23N5/c1-4-7-17(3)12-8-11(15-9-16-12)14-6-5-10(2)13/h8-10H,4-7,13H2,1-3H3,(H,14,15,16). The van der Waals surface area contributed by atoms with Gasteiger partial charge in [0.1, 0.15) is 18.0 Å². The fourth-order valence-corrected chi connectivity index (χ4v) is 1.53. The number of nitrogens with one attached hydrogen (secondary N) is 1. The van der Waals surface area contributed by atoms with Crippen LogP contribution in [0.4, 0.5) is 11.6 Å². The van der Waals surface area contributed by atoms with Crippen molar-refractivity contribution in [2.45, 2.75) is 32.7 Å². The quantitative estimate of drug-likeness (QED) is 0.751. The molecule has 0 bridgehead atoms. The van der Waals surface area contributed by atoms with E-state index in [0.29, 0.717) is 0 Å². The molecule has 0 aliphatic heterocycles. The average Bonchev–Trinajstić information content (AvgIpc) is 2.29. The molecule has 1 aromatic heterocycles. The lowest BCUT2D eigenvalue weighted by Crippen LogP contribution is -2.21. The number of rotatable bonds is 7. The molecule has 0 amide bonds. The molecule has 0 aliphatic rings. The largest absolute Gasteiger partial charge is 0.370 e. The van der Waals surface area contributed by atoms with Gasteiger partial charge in [0.15, 0.2) is 0 Å². The molecule has 0 aliphatic carbocycles. The van der Waals surface area contributed by atoms with E-state index in [1.807, 2.05) is 20.0 Å². The van der Waals surface area contributed by atoms with Gasteiger partial charge in [-0.05, 0) is 19.8 Å². The third-order valence-electron chi connectivity index (χ3n) is 2.51. The monoisotopic (exact) mass is 237 g/mol. The van der Waals surface area contributed by atoms with Crippen LogP contribution in [-0.2, 0) is 0 Å². The van der Waals surface area contributed by atoms with Crippen LogP contribution in [0.1, 0.15) is 26.7 Å². The van der Waals surface area contributed by atoms with Crippen LogP contribution in [0, 0.1) is 0 Å². The third-order valence-corrected chi connectivity index (χ3v) is 2.51. The zero-order valence-corrected chi connectivity index (χ0v) is 11.0. The van der Waals surface area contributed by atoms with E-state index in [9.17, 15) is 0 Å². The highest BCUT2D eigenvalue weighted by atomic mass is 15.2. The molecule has 0 spiro atoms. The van der Waals surface area contributed by atoms with Crippen molar-refractivity contribution < 1.29 is 0 Å². The van der Waals surface area contributed by atoms with Gasteiger partial charge < -0.3 is 16.0 Å². The van der Waals surface area contributed by atoms with Crippen LogP contribution in [0.15, 0.2) is 12.4 Å². The Labute approximate surface area is 103 Å². The average molecular weight is 237 g/mol. The maximum Gasteiger partial charge on any atom is 0.133 e. The zero-order valence-electron chi connectivity index (χ0n) is 11.0. The molecule has 1 rings (SSSR count). The first-order valence-electron chi connectivity index (χ1n) is 6.16. The van der Waals surface area contributed by atoms with Crippen LogP contribution >= 0.6 is 0 Å². The Morgan fingerprint density at radius 3 is 2.88 bits per heavy atom. The van der Waals surface area contributed by atoms with Crippen molar-refractivity contribution >= 4 is 11.6 Å². The molecule has 1 aromatic rings. The summed E-state index contributed by atoms with van der Waals surface area (Å²) >= 11 is 0. The summed E-state index contributed by atoms with van der Waals surface area (Å²) in [6.45, 7) is 5.99. The minimum atomic E-state index is 0.214. The van der Waals surface area contributed by atoms with E-state index >= 15 is 0 Å². The lowest BCUT2D eigenvalue weighted by molar-refractivity contribution is 0.689. The van der Waals surface area contributed by atoms with Gasteiger partial charge in [-0.3, -0.25) is 0 Å². The van der Waals surface area contributed by atoms with Crippen molar-refractivity contribution in [1.29, 1.82) is 0 Å². The summed E-state index contributed by atoms with van der Waals surface area (Å²) in [6.07, 6.45) is 3.63. The molecule has 17 heavy (non-hydrogen) atoms. The molecule has 0 saturated carbocycles. The molecular formula is C12H23N5. The van der Waals surface area contributed by atoms with Crippen LogP contribution in [0.5, 0.6) is 0 Å². The summed E-state index contributed by atoms with van der Waals surface area (Å²) in [5.41, 5.74) is 5.69. The predicted octanol–water partition coefficient (Wildman–Crippen LogP) is 1.47. The van der Waals surface area contributed by atoms with E-state index in [2.05, 4.69) is 27.1 Å². The Kier molecular flexibility index (Phi) is 5.69. The Morgan fingerprint density at radius 1 is 1.47 bits per heavy atom. The normalized spacial score (nSPS) is 12.2. The van der Waals surface area contributed by atoms with E-state index in [-0.39, 0.29) is 6.04 Å². The number of anilines is 2. The smallest absolute Gasteiger partial charge is 0.133 e. The van der Waals surface area contributed by atoms with Gasteiger partial charge >= 0.3 is 0 Å². The summed E-state index contributed by atoms with van der Waals surface area (Å²) in [7, 11) is 2.04. The first kappa shape index (κ1) is 13.7. The SMILES string of the molecule is CCCN(C)c1cc(NCCC(C)N)ncn1. The molecule has 1 unspecified atom stereocenters. The highest BCUT2D eigenvalue weighted by Crippen LogP contribution is 2.12. The molecule has 96 valence electrons. The summed E-state index contributed by atoms with van der Waals surface area (Å²) in [4.78, 5) is 10.6. The number of aromatic nitrogens is 2. The van der Waals surface area contributed by atoms with E-state index in [4.69, 9.17) is 5.73 Å². The van der Waals surface area contributed by atoms with Gasteiger partial charge in [-0.15, -0.1) is 0 Å². The molecule has 5 heteroatoms. The molecule has 0 fully saturated rings. The van der Waals surface area contributed by atoms with Gasteiger partial charge in [0.25, 0.3) is 0 Å². The number of hydrogen-bond donors (Lipinski definition) is 2. The summed E-state index contributed by atoms with van der Waals surface area (Å²) in [5, 5.41) is 3.26. The van der Waals surface area contributed by atoms with Crippen molar-refractivity contribution in [3.63, 3.8) is 0 Å². The lowest BCUT2D eigenvalue weighted by Gasteiger charge is -2.17. The van der Waals surface area contributed by atoms with Crippen LogP contribution in [-0.4, -0.2) is 36.1 Å².